The van der Waals surface area contributed by atoms with Crippen LogP contribution >= 0.6 is 0 Å². The maximum atomic E-state index is 13.8. The number of carbonyl (C=O) groups is 2. The second-order valence-electron chi connectivity index (χ2n) is 9.17. The van der Waals surface area contributed by atoms with Crippen molar-refractivity contribution in [1.82, 2.24) is 10.2 Å². The Kier molecular flexibility index (Phi) is 10.3. The molecular weight excluding hydrogens is 478 g/mol. The first-order valence-electron chi connectivity index (χ1n) is 12.2. The summed E-state index contributed by atoms with van der Waals surface area (Å²) in [7, 11) is -2.22. The minimum absolute atomic E-state index is 0.0527. The van der Waals surface area contributed by atoms with E-state index < -0.39 is 28.5 Å². The summed E-state index contributed by atoms with van der Waals surface area (Å²) in [4.78, 5) is 28.4. The van der Waals surface area contributed by atoms with Crippen molar-refractivity contribution in [2.75, 3.05) is 24.2 Å². The Morgan fingerprint density at radius 2 is 1.75 bits per heavy atom. The fraction of sp³-hybridized carbons (Fsp3) is 0.481. The zero-order valence-corrected chi connectivity index (χ0v) is 23.2. The van der Waals surface area contributed by atoms with Gasteiger partial charge in [-0.15, -0.1) is 0 Å². The molecule has 0 heterocycles. The number of amides is 2. The van der Waals surface area contributed by atoms with Gasteiger partial charge in [0.25, 0.3) is 0 Å². The number of benzene rings is 2. The van der Waals surface area contributed by atoms with E-state index in [1.807, 2.05) is 58.9 Å². The zero-order valence-electron chi connectivity index (χ0n) is 22.4. The second-order valence-corrected chi connectivity index (χ2v) is 11.1. The average molecular weight is 518 g/mol. The molecule has 2 atom stereocenters. The number of nitrogens with one attached hydrogen (secondary N) is 1. The van der Waals surface area contributed by atoms with Crippen molar-refractivity contribution < 1.29 is 22.7 Å². The highest BCUT2D eigenvalue weighted by molar-refractivity contribution is 7.92. The van der Waals surface area contributed by atoms with E-state index in [-0.39, 0.29) is 18.5 Å². The van der Waals surface area contributed by atoms with E-state index in [2.05, 4.69) is 5.32 Å². The van der Waals surface area contributed by atoms with Crippen LogP contribution in [0.25, 0.3) is 0 Å². The van der Waals surface area contributed by atoms with Crippen LogP contribution in [0.15, 0.2) is 42.5 Å². The minimum Gasteiger partial charge on any atom is -0.497 e. The molecule has 0 bridgehead atoms. The van der Waals surface area contributed by atoms with Crippen molar-refractivity contribution in [3.63, 3.8) is 0 Å². The molecule has 0 saturated carbocycles. The number of aryl methyl sites for hydroxylation is 2. The summed E-state index contributed by atoms with van der Waals surface area (Å²) >= 11 is 0. The number of anilines is 1. The lowest BCUT2D eigenvalue weighted by Gasteiger charge is -2.33. The molecule has 2 aromatic rings. The first kappa shape index (κ1) is 29.2. The number of rotatable bonds is 12. The lowest BCUT2D eigenvalue weighted by Crippen LogP contribution is -2.53. The molecule has 0 aromatic heterocycles. The van der Waals surface area contributed by atoms with Crippen LogP contribution in [0.4, 0.5) is 5.69 Å². The number of methoxy groups -OCH3 is 1. The smallest absolute Gasteiger partial charge is 0.244 e. The Bertz CT molecular complexity index is 1170. The first-order chi connectivity index (χ1) is 16.9. The van der Waals surface area contributed by atoms with E-state index in [0.717, 1.165) is 33.7 Å². The molecule has 198 valence electrons. The Morgan fingerprint density at radius 3 is 2.31 bits per heavy atom. The molecule has 0 radical (unpaired) electrons. The van der Waals surface area contributed by atoms with Gasteiger partial charge in [-0.2, -0.15) is 0 Å². The van der Waals surface area contributed by atoms with Gasteiger partial charge in [-0.05, 0) is 62.9 Å². The molecule has 2 amide bonds. The van der Waals surface area contributed by atoms with Crippen molar-refractivity contribution >= 4 is 27.5 Å². The Hall–Kier alpha value is -3.07. The number of ether oxygens (including phenoxy) is 1. The topological polar surface area (TPSA) is 96.0 Å². The third-order valence-electron chi connectivity index (χ3n) is 6.17. The average Bonchev–Trinajstić information content (AvgIpc) is 2.82. The third-order valence-corrected chi connectivity index (χ3v) is 7.30. The van der Waals surface area contributed by atoms with Gasteiger partial charge in [-0.1, -0.05) is 43.7 Å². The normalized spacial score (nSPS) is 13.0. The zero-order chi connectivity index (χ0) is 27.0. The summed E-state index contributed by atoms with van der Waals surface area (Å²) in [6.07, 6.45) is 2.21. The highest BCUT2D eigenvalue weighted by Crippen LogP contribution is 2.25. The van der Waals surface area contributed by atoms with E-state index in [4.69, 9.17) is 4.74 Å². The maximum absolute atomic E-state index is 13.8. The van der Waals surface area contributed by atoms with Crippen LogP contribution in [-0.4, -0.2) is 57.1 Å². The van der Waals surface area contributed by atoms with E-state index >= 15 is 0 Å². The third kappa shape index (κ3) is 7.71. The first-order valence-corrected chi connectivity index (χ1v) is 14.0. The molecule has 36 heavy (non-hydrogen) atoms. The lowest BCUT2D eigenvalue weighted by atomic mass is 10.1. The number of nitrogens with zero attached hydrogens (tertiary/aromatic N) is 2. The summed E-state index contributed by atoms with van der Waals surface area (Å²) in [5, 5.41) is 2.97. The molecule has 2 unspecified atom stereocenters. The molecular formula is C27H39N3O5S. The predicted molar refractivity (Wildman–Crippen MR) is 144 cm³/mol. The van der Waals surface area contributed by atoms with Crippen LogP contribution < -0.4 is 14.4 Å². The van der Waals surface area contributed by atoms with Crippen molar-refractivity contribution in [3.05, 3.63) is 59.2 Å². The molecule has 0 aliphatic rings. The molecule has 0 aliphatic carbocycles. The molecule has 9 heteroatoms. The summed E-state index contributed by atoms with van der Waals surface area (Å²) in [6, 6.07) is 11.8. The molecule has 0 aliphatic heterocycles. The van der Waals surface area contributed by atoms with E-state index in [0.29, 0.717) is 17.9 Å². The SMILES string of the molecule is CCC(C)NC(=O)C(CC)N(Cc1cccc(OC)c1)C(=O)CN(c1ccc(C)cc1C)S(C)(=O)=O. The van der Waals surface area contributed by atoms with Gasteiger partial charge in [0.15, 0.2) is 0 Å². The molecule has 8 nitrogen and oxygen atoms in total. The fourth-order valence-electron chi connectivity index (χ4n) is 4.01. The number of sulfonamides is 1. The Balaban J connectivity index is 2.49. The van der Waals surface area contributed by atoms with Crippen LogP contribution in [0.1, 0.15) is 50.3 Å². The molecule has 0 saturated heterocycles. The molecule has 0 fully saturated rings. The fourth-order valence-corrected chi connectivity index (χ4v) is 4.92. The van der Waals surface area contributed by atoms with E-state index in [1.54, 1.807) is 25.3 Å². The van der Waals surface area contributed by atoms with Gasteiger partial charge in [-0.3, -0.25) is 13.9 Å². The van der Waals surface area contributed by atoms with Gasteiger partial charge < -0.3 is 15.0 Å². The lowest BCUT2D eigenvalue weighted by molar-refractivity contribution is -0.140. The number of carbonyl (C=O) groups excluding carboxylic acids is 2. The summed E-state index contributed by atoms with van der Waals surface area (Å²) in [5.41, 5.74) is 2.95. The van der Waals surface area contributed by atoms with Crippen LogP contribution in [0, 0.1) is 13.8 Å². The Morgan fingerprint density at radius 1 is 1.06 bits per heavy atom. The van der Waals surface area contributed by atoms with Crippen LogP contribution in [-0.2, 0) is 26.2 Å². The maximum Gasteiger partial charge on any atom is 0.244 e. The summed E-state index contributed by atoms with van der Waals surface area (Å²) in [5.74, 6) is -0.0973. The molecule has 2 rings (SSSR count). The number of hydrogen-bond acceptors (Lipinski definition) is 5. The summed E-state index contributed by atoms with van der Waals surface area (Å²) in [6.45, 7) is 9.17. The highest BCUT2D eigenvalue weighted by atomic mass is 32.2. The summed E-state index contributed by atoms with van der Waals surface area (Å²) < 4.78 is 32.0. The van der Waals surface area contributed by atoms with Crippen LogP contribution in [0.3, 0.4) is 0 Å². The van der Waals surface area contributed by atoms with Crippen LogP contribution in [0.2, 0.25) is 0 Å². The second kappa shape index (κ2) is 12.8. The molecule has 2 aromatic carbocycles. The van der Waals surface area contributed by atoms with Crippen LogP contribution in [0.5, 0.6) is 5.75 Å². The van der Waals surface area contributed by atoms with Gasteiger partial charge in [-0.25, -0.2) is 8.42 Å². The van der Waals surface area contributed by atoms with Crippen molar-refractivity contribution in [3.8, 4) is 5.75 Å². The standard InChI is InChI=1S/C27H39N3O5S/c1-8-21(5)28-27(32)24(9-2)29(17-22-11-10-12-23(16-22)35-6)26(31)18-30(36(7,33)34)25-14-13-19(3)15-20(25)4/h10-16,21,24H,8-9,17-18H2,1-7H3,(H,28,32). The molecule has 1 N–H and O–H groups in total. The van der Waals surface area contributed by atoms with Gasteiger partial charge >= 0.3 is 0 Å². The predicted octanol–water partition coefficient (Wildman–Crippen LogP) is 3.80. The minimum atomic E-state index is -3.78. The molecule has 0 spiro atoms. The van der Waals surface area contributed by atoms with Gasteiger partial charge in [0, 0.05) is 12.6 Å². The van der Waals surface area contributed by atoms with E-state index in [9.17, 15) is 18.0 Å². The quantitative estimate of drug-likeness (QED) is 0.462. The van der Waals surface area contributed by atoms with E-state index in [1.165, 1.54) is 4.90 Å². The van der Waals surface area contributed by atoms with Crippen molar-refractivity contribution in [2.24, 2.45) is 0 Å². The van der Waals surface area contributed by atoms with Gasteiger partial charge in [0.2, 0.25) is 21.8 Å². The number of hydrogen-bond donors (Lipinski definition) is 1. The largest absolute Gasteiger partial charge is 0.497 e. The highest BCUT2D eigenvalue weighted by Gasteiger charge is 2.32. The van der Waals surface area contributed by atoms with Crippen molar-refractivity contribution in [1.29, 1.82) is 0 Å². The van der Waals surface area contributed by atoms with Gasteiger partial charge in [0.05, 0.1) is 19.1 Å². The van der Waals surface area contributed by atoms with Gasteiger partial charge in [0.1, 0.15) is 18.3 Å². The Labute approximate surface area is 215 Å². The van der Waals surface area contributed by atoms with Crippen molar-refractivity contribution in [2.45, 2.75) is 66.1 Å². The monoisotopic (exact) mass is 517 g/mol.